The summed E-state index contributed by atoms with van der Waals surface area (Å²) in [5.41, 5.74) is 1.55. The van der Waals surface area contributed by atoms with Crippen molar-refractivity contribution in [3.63, 3.8) is 0 Å². The summed E-state index contributed by atoms with van der Waals surface area (Å²) in [4.78, 5) is 11.1. The molecule has 1 radical (unpaired) electrons. The van der Waals surface area contributed by atoms with Crippen molar-refractivity contribution in [3.05, 3.63) is 29.8 Å². The Morgan fingerprint density at radius 3 is 2.82 bits per heavy atom. The Balaban J connectivity index is 2.52. The minimum atomic E-state index is -0.0562. The van der Waals surface area contributed by atoms with Crippen molar-refractivity contribution in [1.29, 1.82) is 0 Å². The Morgan fingerprint density at radius 1 is 1.18 bits per heavy atom. The molecule has 11 heavy (non-hydrogen) atoms. The van der Waals surface area contributed by atoms with Crippen molar-refractivity contribution >= 4 is 19.1 Å². The van der Waals surface area contributed by atoms with Crippen molar-refractivity contribution in [2.75, 3.05) is 5.23 Å². The van der Waals surface area contributed by atoms with Crippen LogP contribution in [-0.4, -0.2) is 13.5 Å². The fourth-order valence-electron chi connectivity index (χ4n) is 1.06. The topological polar surface area (TPSA) is 41.1 Å². The van der Waals surface area contributed by atoms with Gasteiger partial charge in [-0.25, -0.2) is 0 Å². The zero-order chi connectivity index (χ0) is 7.68. The summed E-state index contributed by atoms with van der Waals surface area (Å²) in [5.74, 6) is -0.0562. The maximum Gasteiger partial charge on any atom is 0.388 e. The first-order valence-corrected chi connectivity index (χ1v) is 3.36. The number of carbonyl (C=O) groups excluding carboxylic acids is 1. The minimum Gasteiger partial charge on any atom is -0.412 e. The molecule has 2 N–H and O–H groups in total. The molecule has 53 valence electrons. The van der Waals surface area contributed by atoms with Crippen LogP contribution in [0.1, 0.15) is 10.4 Å². The van der Waals surface area contributed by atoms with E-state index in [4.69, 9.17) is 0 Å². The fourth-order valence-corrected chi connectivity index (χ4v) is 1.06. The first-order valence-electron chi connectivity index (χ1n) is 3.36. The smallest absolute Gasteiger partial charge is 0.388 e. The zero-order valence-corrected chi connectivity index (χ0v) is 5.79. The molecular weight excluding hydrogens is 139 g/mol. The van der Waals surface area contributed by atoms with Gasteiger partial charge >= 0.3 is 7.55 Å². The molecule has 1 aliphatic rings. The molecule has 0 aromatic heterocycles. The van der Waals surface area contributed by atoms with Gasteiger partial charge in [0.05, 0.1) is 5.56 Å². The zero-order valence-electron chi connectivity index (χ0n) is 5.79. The molecule has 1 amide bonds. The maximum absolute atomic E-state index is 11.1. The van der Waals surface area contributed by atoms with E-state index in [0.717, 1.165) is 5.69 Å². The first-order chi connectivity index (χ1) is 5.38. The molecule has 0 atom stereocenters. The van der Waals surface area contributed by atoms with Gasteiger partial charge in [-0.1, -0.05) is 12.1 Å². The lowest BCUT2D eigenvalue weighted by Gasteiger charge is -2.15. The Hall–Kier alpha value is -1.45. The van der Waals surface area contributed by atoms with E-state index >= 15 is 0 Å². The van der Waals surface area contributed by atoms with E-state index in [1.54, 1.807) is 6.07 Å². The number of fused-ring (bicyclic) bond motifs is 1. The number of hydrogen-bond acceptors (Lipinski definition) is 2. The maximum atomic E-state index is 11.1. The Morgan fingerprint density at radius 2 is 2.00 bits per heavy atom. The molecule has 0 bridgehead atoms. The van der Waals surface area contributed by atoms with E-state index in [1.807, 2.05) is 18.2 Å². The summed E-state index contributed by atoms with van der Waals surface area (Å²) in [7, 11) is 1.53. The van der Waals surface area contributed by atoms with Crippen LogP contribution in [0.25, 0.3) is 0 Å². The van der Waals surface area contributed by atoms with Gasteiger partial charge in [0.1, 0.15) is 0 Å². The summed E-state index contributed by atoms with van der Waals surface area (Å²) < 4.78 is 0. The molecule has 0 spiro atoms. The molecule has 1 aromatic rings. The summed E-state index contributed by atoms with van der Waals surface area (Å²) in [6.45, 7) is 0. The second-order valence-electron chi connectivity index (χ2n) is 2.31. The van der Waals surface area contributed by atoms with Crippen LogP contribution in [0.15, 0.2) is 24.3 Å². The molecule has 2 rings (SSSR count). The molecule has 1 heterocycles. The van der Waals surface area contributed by atoms with Gasteiger partial charge in [0.25, 0.3) is 0 Å². The number of anilines is 1. The number of hydrogen-bond donors (Lipinski definition) is 2. The highest BCUT2D eigenvalue weighted by Crippen LogP contribution is 2.15. The number of nitrogens with one attached hydrogen (secondary N) is 2. The van der Waals surface area contributed by atoms with E-state index in [9.17, 15) is 4.79 Å². The number of rotatable bonds is 0. The lowest BCUT2D eigenvalue weighted by molar-refractivity contribution is 0.0980. The summed E-state index contributed by atoms with van der Waals surface area (Å²) in [6, 6.07) is 7.37. The third kappa shape index (κ3) is 0.961. The number of benzene rings is 1. The van der Waals surface area contributed by atoms with Gasteiger partial charge in [0, 0.05) is 5.69 Å². The molecule has 0 aliphatic carbocycles. The Bertz CT molecular complexity index is 300. The summed E-state index contributed by atoms with van der Waals surface area (Å²) >= 11 is 0. The molecular formula is C7H6BN2O. The van der Waals surface area contributed by atoms with Crippen LogP contribution in [0.3, 0.4) is 0 Å². The van der Waals surface area contributed by atoms with Crippen LogP contribution >= 0.6 is 0 Å². The highest BCUT2D eigenvalue weighted by atomic mass is 16.1. The van der Waals surface area contributed by atoms with E-state index < -0.39 is 0 Å². The highest BCUT2D eigenvalue weighted by molar-refractivity contribution is 6.45. The third-order valence-electron chi connectivity index (χ3n) is 1.60. The van der Waals surface area contributed by atoms with Crippen molar-refractivity contribution in [2.24, 2.45) is 0 Å². The lowest BCUT2D eigenvalue weighted by Crippen LogP contribution is -2.37. The van der Waals surface area contributed by atoms with Gasteiger partial charge in [0.15, 0.2) is 0 Å². The highest BCUT2D eigenvalue weighted by Gasteiger charge is 2.15. The average molecular weight is 145 g/mol. The van der Waals surface area contributed by atoms with Crippen molar-refractivity contribution in [3.8, 4) is 0 Å². The first kappa shape index (κ1) is 6.28. The second-order valence-corrected chi connectivity index (χ2v) is 2.31. The van der Waals surface area contributed by atoms with Gasteiger partial charge in [0.2, 0.25) is 5.91 Å². The average Bonchev–Trinajstić information content (AvgIpc) is 2.06. The van der Waals surface area contributed by atoms with Crippen LogP contribution in [0.5, 0.6) is 0 Å². The van der Waals surface area contributed by atoms with Crippen LogP contribution in [0.2, 0.25) is 0 Å². The Labute approximate surface area is 65.1 Å². The molecule has 0 unspecified atom stereocenters. The van der Waals surface area contributed by atoms with Gasteiger partial charge in [-0.2, -0.15) is 0 Å². The van der Waals surface area contributed by atoms with Gasteiger partial charge in [-0.15, -0.1) is 0 Å². The SMILES string of the molecule is O=C1N[B]Nc2ccccc21. The van der Waals surface area contributed by atoms with Crippen LogP contribution in [-0.2, 0) is 0 Å². The summed E-state index contributed by atoms with van der Waals surface area (Å²) in [6.07, 6.45) is 0. The number of carbonyl (C=O) groups is 1. The largest absolute Gasteiger partial charge is 0.412 e. The predicted molar refractivity (Wildman–Crippen MR) is 43.3 cm³/mol. The van der Waals surface area contributed by atoms with E-state index in [0.29, 0.717) is 5.56 Å². The molecule has 3 nitrogen and oxygen atoms in total. The normalized spacial score (nSPS) is 14.0. The van der Waals surface area contributed by atoms with Crippen molar-refractivity contribution < 1.29 is 4.79 Å². The van der Waals surface area contributed by atoms with Gasteiger partial charge in [-0.05, 0) is 12.1 Å². The number of para-hydroxylation sites is 1. The predicted octanol–water partition coefficient (Wildman–Crippen LogP) is 0.376. The van der Waals surface area contributed by atoms with Crippen LogP contribution < -0.4 is 10.5 Å². The third-order valence-corrected chi connectivity index (χ3v) is 1.60. The molecule has 1 aliphatic heterocycles. The van der Waals surface area contributed by atoms with Crippen LogP contribution in [0.4, 0.5) is 5.69 Å². The van der Waals surface area contributed by atoms with Crippen molar-refractivity contribution in [2.45, 2.75) is 0 Å². The van der Waals surface area contributed by atoms with Gasteiger partial charge in [-0.3, -0.25) is 4.79 Å². The number of amides is 1. The molecule has 4 heteroatoms. The molecule has 0 saturated heterocycles. The summed E-state index contributed by atoms with van der Waals surface area (Å²) in [5, 5.41) is 5.50. The minimum absolute atomic E-state index is 0.0562. The van der Waals surface area contributed by atoms with Crippen LogP contribution in [0, 0.1) is 0 Å². The standard InChI is InChI=1S/C7H6BN2O/c11-7-5-3-1-2-4-6(5)9-8-10-7/h1-4,9H,(H,10,11). The molecule has 1 aromatic carbocycles. The molecule has 0 fully saturated rings. The molecule has 0 saturated carbocycles. The van der Waals surface area contributed by atoms with E-state index in [1.165, 1.54) is 7.55 Å². The van der Waals surface area contributed by atoms with Crippen molar-refractivity contribution in [1.82, 2.24) is 5.23 Å². The van der Waals surface area contributed by atoms with Gasteiger partial charge < -0.3 is 10.5 Å². The monoisotopic (exact) mass is 145 g/mol. The van der Waals surface area contributed by atoms with E-state index in [-0.39, 0.29) is 5.91 Å². The quantitative estimate of drug-likeness (QED) is 0.518. The fraction of sp³-hybridized carbons (Fsp3) is 0. The second kappa shape index (κ2) is 2.30. The Kier molecular flexibility index (Phi) is 1.32. The van der Waals surface area contributed by atoms with E-state index in [2.05, 4.69) is 10.5 Å². The lowest BCUT2D eigenvalue weighted by atomic mass is 10.0.